The number of thiophene rings is 1. The van der Waals surface area contributed by atoms with E-state index in [1.54, 1.807) is 29.3 Å². The van der Waals surface area contributed by atoms with Crippen LogP contribution in [0.25, 0.3) is 10.2 Å². The topological polar surface area (TPSA) is 34.9 Å². The Labute approximate surface area is 117 Å². The number of fused-ring (bicyclic) bond motifs is 3. The van der Waals surface area contributed by atoms with Crippen LogP contribution in [-0.2, 0) is 19.9 Å². The maximum absolute atomic E-state index is 12.3. The van der Waals surface area contributed by atoms with Gasteiger partial charge < -0.3 is 4.57 Å². The Morgan fingerprint density at radius 1 is 1.42 bits per heavy atom. The SMILES string of the molecule is Cn1cnc2sc3c(c2c1=O)CCC(C(C)(C)C)C3. The molecular weight excluding hydrogens is 256 g/mol. The third kappa shape index (κ3) is 2.02. The van der Waals surface area contributed by atoms with Crippen LogP contribution in [0.5, 0.6) is 0 Å². The molecule has 3 rings (SSSR count). The molecule has 1 aliphatic carbocycles. The van der Waals surface area contributed by atoms with E-state index in [4.69, 9.17) is 0 Å². The number of rotatable bonds is 0. The second-order valence-corrected chi connectivity index (χ2v) is 7.73. The van der Waals surface area contributed by atoms with Crippen molar-refractivity contribution in [3.05, 3.63) is 27.1 Å². The van der Waals surface area contributed by atoms with E-state index in [9.17, 15) is 4.79 Å². The predicted molar refractivity (Wildman–Crippen MR) is 79.8 cm³/mol. The van der Waals surface area contributed by atoms with Crippen molar-refractivity contribution in [2.45, 2.75) is 40.0 Å². The van der Waals surface area contributed by atoms with Gasteiger partial charge in [-0.15, -0.1) is 11.3 Å². The van der Waals surface area contributed by atoms with Gasteiger partial charge in [-0.05, 0) is 36.2 Å². The summed E-state index contributed by atoms with van der Waals surface area (Å²) in [7, 11) is 1.78. The third-order valence-corrected chi connectivity index (χ3v) is 5.52. The molecule has 0 spiro atoms. The summed E-state index contributed by atoms with van der Waals surface area (Å²) < 4.78 is 1.59. The predicted octanol–water partition coefficient (Wildman–Crippen LogP) is 3.15. The number of hydrogen-bond acceptors (Lipinski definition) is 3. The maximum atomic E-state index is 12.3. The Balaban J connectivity index is 2.14. The van der Waals surface area contributed by atoms with Gasteiger partial charge in [-0.25, -0.2) is 4.98 Å². The normalized spacial score (nSPS) is 19.7. The number of nitrogens with zero attached hydrogens (tertiary/aromatic N) is 2. The zero-order chi connectivity index (χ0) is 13.8. The highest BCUT2D eigenvalue weighted by Crippen LogP contribution is 2.41. The molecule has 0 fully saturated rings. The lowest BCUT2D eigenvalue weighted by Gasteiger charge is -2.33. The molecule has 102 valence electrons. The van der Waals surface area contributed by atoms with E-state index in [1.807, 2.05) is 0 Å². The molecule has 0 bridgehead atoms. The molecule has 2 aromatic rings. The van der Waals surface area contributed by atoms with Crippen molar-refractivity contribution in [1.82, 2.24) is 9.55 Å². The zero-order valence-corrected chi connectivity index (χ0v) is 12.8. The summed E-state index contributed by atoms with van der Waals surface area (Å²) in [6, 6.07) is 0. The summed E-state index contributed by atoms with van der Waals surface area (Å²) in [4.78, 5) is 19.0. The highest BCUT2D eigenvalue weighted by atomic mass is 32.1. The van der Waals surface area contributed by atoms with Crippen molar-refractivity contribution >= 4 is 21.6 Å². The fourth-order valence-electron chi connectivity index (χ4n) is 2.99. The molecule has 0 radical (unpaired) electrons. The van der Waals surface area contributed by atoms with Gasteiger partial charge in [0, 0.05) is 11.9 Å². The second-order valence-electron chi connectivity index (χ2n) is 6.65. The van der Waals surface area contributed by atoms with Crippen molar-refractivity contribution < 1.29 is 0 Å². The zero-order valence-electron chi connectivity index (χ0n) is 12.0. The first-order valence-corrected chi connectivity index (χ1v) is 7.65. The molecular formula is C15H20N2OS. The first-order valence-electron chi connectivity index (χ1n) is 6.84. The summed E-state index contributed by atoms with van der Waals surface area (Å²) in [5.74, 6) is 0.705. The van der Waals surface area contributed by atoms with Gasteiger partial charge >= 0.3 is 0 Å². The summed E-state index contributed by atoms with van der Waals surface area (Å²) in [6.07, 6.45) is 4.94. The molecule has 0 aliphatic heterocycles. The monoisotopic (exact) mass is 276 g/mol. The standard InChI is InChI=1S/C15H20N2OS/c1-15(2,3)9-5-6-10-11(7-9)19-13-12(10)14(18)17(4)8-16-13/h8-9H,5-7H2,1-4H3. The van der Waals surface area contributed by atoms with E-state index in [0.29, 0.717) is 11.3 Å². The van der Waals surface area contributed by atoms with Crippen LogP contribution < -0.4 is 5.56 Å². The molecule has 3 nitrogen and oxygen atoms in total. The summed E-state index contributed by atoms with van der Waals surface area (Å²) >= 11 is 1.72. The van der Waals surface area contributed by atoms with Crippen molar-refractivity contribution in [3.63, 3.8) is 0 Å². The van der Waals surface area contributed by atoms with E-state index in [0.717, 1.165) is 23.1 Å². The minimum absolute atomic E-state index is 0.108. The Bertz CT molecular complexity index is 690. The molecule has 2 heterocycles. The third-order valence-electron chi connectivity index (χ3n) is 4.35. The molecule has 4 heteroatoms. The Morgan fingerprint density at radius 3 is 2.84 bits per heavy atom. The van der Waals surface area contributed by atoms with Gasteiger partial charge in [0.05, 0.1) is 11.7 Å². The highest BCUT2D eigenvalue weighted by Gasteiger charge is 2.31. The minimum Gasteiger partial charge on any atom is -0.302 e. The lowest BCUT2D eigenvalue weighted by Crippen LogP contribution is -2.26. The quantitative estimate of drug-likeness (QED) is 0.741. The Morgan fingerprint density at radius 2 is 2.16 bits per heavy atom. The van der Waals surface area contributed by atoms with Crippen LogP contribution in [0.2, 0.25) is 0 Å². The average Bonchev–Trinajstić information content (AvgIpc) is 2.70. The largest absolute Gasteiger partial charge is 0.302 e. The fourth-order valence-corrected chi connectivity index (χ4v) is 4.25. The van der Waals surface area contributed by atoms with Crippen molar-refractivity contribution in [2.24, 2.45) is 18.4 Å². The molecule has 0 amide bonds. The van der Waals surface area contributed by atoms with Crippen LogP contribution in [0.3, 0.4) is 0 Å². The van der Waals surface area contributed by atoms with E-state index in [-0.39, 0.29) is 5.56 Å². The molecule has 19 heavy (non-hydrogen) atoms. The highest BCUT2D eigenvalue weighted by molar-refractivity contribution is 7.18. The van der Waals surface area contributed by atoms with Crippen LogP contribution in [0.4, 0.5) is 0 Å². The van der Waals surface area contributed by atoms with Gasteiger partial charge in [0.2, 0.25) is 0 Å². The van der Waals surface area contributed by atoms with Gasteiger partial charge in [-0.3, -0.25) is 4.79 Å². The minimum atomic E-state index is 0.108. The van der Waals surface area contributed by atoms with Gasteiger partial charge in [-0.1, -0.05) is 20.8 Å². The van der Waals surface area contributed by atoms with Crippen LogP contribution in [0, 0.1) is 11.3 Å². The molecule has 1 unspecified atom stereocenters. The van der Waals surface area contributed by atoms with Crippen molar-refractivity contribution in [3.8, 4) is 0 Å². The number of aromatic nitrogens is 2. The molecule has 2 aromatic heterocycles. The average molecular weight is 276 g/mol. The van der Waals surface area contributed by atoms with Gasteiger partial charge in [0.1, 0.15) is 4.83 Å². The summed E-state index contributed by atoms with van der Waals surface area (Å²) in [5.41, 5.74) is 1.72. The summed E-state index contributed by atoms with van der Waals surface area (Å²) in [5, 5.41) is 0.873. The van der Waals surface area contributed by atoms with E-state index in [1.165, 1.54) is 16.9 Å². The molecule has 0 N–H and O–H groups in total. The Hall–Kier alpha value is -1.16. The summed E-state index contributed by atoms with van der Waals surface area (Å²) in [6.45, 7) is 6.94. The van der Waals surface area contributed by atoms with Crippen LogP contribution in [0.15, 0.2) is 11.1 Å². The van der Waals surface area contributed by atoms with Crippen LogP contribution in [-0.4, -0.2) is 9.55 Å². The molecule has 0 saturated heterocycles. The number of hydrogen-bond donors (Lipinski definition) is 0. The van der Waals surface area contributed by atoms with Crippen molar-refractivity contribution in [1.29, 1.82) is 0 Å². The van der Waals surface area contributed by atoms with E-state index < -0.39 is 0 Å². The molecule has 1 atom stereocenters. The van der Waals surface area contributed by atoms with Gasteiger partial charge in [0.15, 0.2) is 0 Å². The number of aryl methyl sites for hydroxylation is 2. The smallest absolute Gasteiger partial charge is 0.262 e. The second kappa shape index (κ2) is 4.17. The first kappa shape index (κ1) is 12.9. The lowest BCUT2D eigenvalue weighted by atomic mass is 9.72. The van der Waals surface area contributed by atoms with Crippen molar-refractivity contribution in [2.75, 3.05) is 0 Å². The first-order chi connectivity index (χ1) is 8.88. The van der Waals surface area contributed by atoms with Crippen LogP contribution in [0.1, 0.15) is 37.6 Å². The van der Waals surface area contributed by atoms with Crippen LogP contribution >= 0.6 is 11.3 Å². The lowest BCUT2D eigenvalue weighted by molar-refractivity contribution is 0.218. The Kier molecular flexibility index (Phi) is 2.82. The maximum Gasteiger partial charge on any atom is 0.262 e. The molecule has 1 aliphatic rings. The van der Waals surface area contributed by atoms with Gasteiger partial charge in [-0.2, -0.15) is 0 Å². The van der Waals surface area contributed by atoms with E-state index >= 15 is 0 Å². The fraction of sp³-hybridized carbons (Fsp3) is 0.600. The van der Waals surface area contributed by atoms with Gasteiger partial charge in [0.25, 0.3) is 5.56 Å². The molecule has 0 saturated carbocycles. The van der Waals surface area contributed by atoms with E-state index in [2.05, 4.69) is 25.8 Å². The molecule has 0 aromatic carbocycles.